The summed E-state index contributed by atoms with van der Waals surface area (Å²) in [6, 6.07) is 4.19. The second-order valence-electron chi connectivity index (χ2n) is 3.56. The summed E-state index contributed by atoms with van der Waals surface area (Å²) in [5.41, 5.74) is 2.67. The van der Waals surface area contributed by atoms with E-state index < -0.39 is 0 Å². The summed E-state index contributed by atoms with van der Waals surface area (Å²) in [7, 11) is 0. The van der Waals surface area contributed by atoms with Crippen LogP contribution in [-0.2, 0) is 0 Å². The zero-order valence-electron chi connectivity index (χ0n) is 9.83. The molecule has 0 N–H and O–H groups in total. The highest BCUT2D eigenvalue weighted by Crippen LogP contribution is 2.21. The molecular formula is C12H17N3. The highest BCUT2D eigenvalue weighted by Gasteiger charge is 2.12. The fourth-order valence-corrected chi connectivity index (χ4v) is 1.71. The minimum atomic E-state index is 0.698. The molecule has 0 aromatic carbocycles. The molecule has 1 aromatic rings. The van der Waals surface area contributed by atoms with Crippen molar-refractivity contribution in [1.82, 2.24) is 4.98 Å². The molecule has 1 rings (SSSR count). The largest absolute Gasteiger partial charge is 0.356 e. The van der Waals surface area contributed by atoms with Crippen LogP contribution in [0, 0.1) is 25.2 Å². The highest BCUT2D eigenvalue weighted by molar-refractivity contribution is 5.57. The Balaban J connectivity index is 3.32. The van der Waals surface area contributed by atoms with Crippen LogP contribution in [0.15, 0.2) is 6.07 Å². The van der Waals surface area contributed by atoms with Gasteiger partial charge in [0.2, 0.25) is 0 Å². The van der Waals surface area contributed by atoms with Gasteiger partial charge in [-0.1, -0.05) is 0 Å². The molecular weight excluding hydrogens is 186 g/mol. The van der Waals surface area contributed by atoms with Gasteiger partial charge in [-0.25, -0.2) is 4.98 Å². The Morgan fingerprint density at radius 2 is 1.93 bits per heavy atom. The third kappa shape index (κ3) is 2.27. The number of pyridine rings is 1. The van der Waals surface area contributed by atoms with E-state index in [4.69, 9.17) is 5.26 Å². The molecule has 0 amide bonds. The molecule has 0 saturated carbocycles. The lowest BCUT2D eigenvalue weighted by Gasteiger charge is -2.22. The van der Waals surface area contributed by atoms with Crippen molar-refractivity contribution in [3.8, 4) is 6.07 Å². The van der Waals surface area contributed by atoms with Gasteiger partial charge in [-0.15, -0.1) is 0 Å². The predicted molar refractivity (Wildman–Crippen MR) is 62.0 cm³/mol. The molecule has 0 aliphatic heterocycles. The fourth-order valence-electron chi connectivity index (χ4n) is 1.71. The van der Waals surface area contributed by atoms with E-state index in [0.717, 1.165) is 30.2 Å². The molecule has 0 spiro atoms. The van der Waals surface area contributed by atoms with Crippen LogP contribution >= 0.6 is 0 Å². The number of aryl methyl sites for hydroxylation is 2. The van der Waals surface area contributed by atoms with Crippen molar-refractivity contribution in [3.63, 3.8) is 0 Å². The van der Waals surface area contributed by atoms with Crippen molar-refractivity contribution >= 4 is 5.82 Å². The molecule has 0 unspecified atom stereocenters. The maximum absolute atomic E-state index is 9.11. The Hall–Kier alpha value is -1.56. The monoisotopic (exact) mass is 203 g/mol. The van der Waals surface area contributed by atoms with Gasteiger partial charge in [-0.3, -0.25) is 0 Å². The summed E-state index contributed by atoms with van der Waals surface area (Å²) in [6.45, 7) is 9.82. The molecule has 1 aromatic heterocycles. The Morgan fingerprint density at radius 3 is 2.40 bits per heavy atom. The van der Waals surface area contributed by atoms with Gasteiger partial charge in [0.05, 0.1) is 5.56 Å². The highest BCUT2D eigenvalue weighted by atomic mass is 15.2. The van der Waals surface area contributed by atoms with Crippen LogP contribution in [0.5, 0.6) is 0 Å². The van der Waals surface area contributed by atoms with E-state index in [-0.39, 0.29) is 0 Å². The third-order valence-corrected chi connectivity index (χ3v) is 2.50. The Morgan fingerprint density at radius 1 is 1.33 bits per heavy atom. The summed E-state index contributed by atoms with van der Waals surface area (Å²) in [5.74, 6) is 0.819. The van der Waals surface area contributed by atoms with Gasteiger partial charge in [-0.05, 0) is 39.3 Å². The van der Waals surface area contributed by atoms with Gasteiger partial charge in [0, 0.05) is 18.8 Å². The number of nitrogens with zero attached hydrogens (tertiary/aromatic N) is 3. The average Bonchev–Trinajstić information content (AvgIpc) is 2.19. The van der Waals surface area contributed by atoms with Crippen LogP contribution in [-0.4, -0.2) is 18.1 Å². The van der Waals surface area contributed by atoms with Crippen LogP contribution in [0.1, 0.15) is 30.7 Å². The van der Waals surface area contributed by atoms with Crippen LogP contribution < -0.4 is 4.90 Å². The molecule has 0 radical (unpaired) electrons. The summed E-state index contributed by atoms with van der Waals surface area (Å²) in [6.07, 6.45) is 0. The molecule has 0 fully saturated rings. The molecule has 0 aliphatic rings. The van der Waals surface area contributed by atoms with E-state index in [1.807, 2.05) is 19.9 Å². The Bertz CT molecular complexity index is 387. The topological polar surface area (TPSA) is 39.9 Å². The Kier molecular flexibility index (Phi) is 3.68. The first-order valence-electron chi connectivity index (χ1n) is 5.27. The van der Waals surface area contributed by atoms with E-state index in [2.05, 4.69) is 29.8 Å². The maximum atomic E-state index is 9.11. The maximum Gasteiger partial charge on any atom is 0.147 e. The van der Waals surface area contributed by atoms with E-state index in [9.17, 15) is 0 Å². The SMILES string of the molecule is CCN(CC)c1nc(C)cc(C)c1C#N. The van der Waals surface area contributed by atoms with Gasteiger partial charge in [-0.2, -0.15) is 5.26 Å². The van der Waals surface area contributed by atoms with Crippen molar-refractivity contribution in [2.75, 3.05) is 18.0 Å². The standard InChI is InChI=1S/C12H17N3/c1-5-15(6-2)12-11(8-13)9(3)7-10(4)14-12/h7H,5-6H2,1-4H3. The normalized spacial score (nSPS) is 9.80. The van der Waals surface area contributed by atoms with Crippen molar-refractivity contribution in [1.29, 1.82) is 5.26 Å². The van der Waals surface area contributed by atoms with Gasteiger partial charge >= 0.3 is 0 Å². The summed E-state index contributed by atoms with van der Waals surface area (Å²) in [4.78, 5) is 6.56. The molecule has 0 atom stereocenters. The molecule has 0 aliphatic carbocycles. The number of nitriles is 1. The molecule has 0 saturated heterocycles. The summed E-state index contributed by atoms with van der Waals surface area (Å²) in [5, 5.41) is 9.11. The first-order valence-corrected chi connectivity index (χ1v) is 5.27. The van der Waals surface area contributed by atoms with Crippen LogP contribution in [0.4, 0.5) is 5.82 Å². The lowest BCUT2D eigenvalue weighted by atomic mass is 10.1. The lowest BCUT2D eigenvalue weighted by molar-refractivity contribution is 0.838. The number of hydrogen-bond acceptors (Lipinski definition) is 3. The van der Waals surface area contributed by atoms with Gasteiger partial charge in [0.1, 0.15) is 11.9 Å². The van der Waals surface area contributed by atoms with Gasteiger partial charge in [0.15, 0.2) is 0 Å². The second-order valence-corrected chi connectivity index (χ2v) is 3.56. The lowest BCUT2D eigenvalue weighted by Crippen LogP contribution is -2.24. The summed E-state index contributed by atoms with van der Waals surface area (Å²) < 4.78 is 0. The molecule has 3 nitrogen and oxygen atoms in total. The third-order valence-electron chi connectivity index (χ3n) is 2.50. The predicted octanol–water partition coefficient (Wildman–Crippen LogP) is 2.42. The van der Waals surface area contributed by atoms with E-state index >= 15 is 0 Å². The molecule has 3 heteroatoms. The van der Waals surface area contributed by atoms with Crippen LogP contribution in [0.2, 0.25) is 0 Å². The van der Waals surface area contributed by atoms with Crippen molar-refractivity contribution in [2.24, 2.45) is 0 Å². The fraction of sp³-hybridized carbons (Fsp3) is 0.500. The van der Waals surface area contributed by atoms with E-state index in [1.165, 1.54) is 0 Å². The van der Waals surface area contributed by atoms with E-state index in [0.29, 0.717) is 5.56 Å². The first kappa shape index (κ1) is 11.5. The average molecular weight is 203 g/mol. The number of aromatic nitrogens is 1. The Labute approximate surface area is 91.4 Å². The van der Waals surface area contributed by atoms with Crippen LogP contribution in [0.3, 0.4) is 0 Å². The smallest absolute Gasteiger partial charge is 0.147 e. The minimum absolute atomic E-state index is 0.698. The molecule has 1 heterocycles. The number of hydrogen-bond donors (Lipinski definition) is 0. The minimum Gasteiger partial charge on any atom is -0.356 e. The van der Waals surface area contributed by atoms with Crippen LogP contribution in [0.25, 0.3) is 0 Å². The zero-order chi connectivity index (χ0) is 11.4. The first-order chi connectivity index (χ1) is 7.13. The van der Waals surface area contributed by atoms with Crippen molar-refractivity contribution < 1.29 is 0 Å². The summed E-state index contributed by atoms with van der Waals surface area (Å²) >= 11 is 0. The molecule has 80 valence electrons. The van der Waals surface area contributed by atoms with Crippen molar-refractivity contribution in [2.45, 2.75) is 27.7 Å². The quantitative estimate of drug-likeness (QED) is 0.757. The van der Waals surface area contributed by atoms with Gasteiger partial charge in [0.25, 0.3) is 0 Å². The molecule has 0 bridgehead atoms. The zero-order valence-corrected chi connectivity index (χ0v) is 9.83. The molecule has 15 heavy (non-hydrogen) atoms. The number of anilines is 1. The van der Waals surface area contributed by atoms with Gasteiger partial charge < -0.3 is 4.90 Å². The van der Waals surface area contributed by atoms with Crippen molar-refractivity contribution in [3.05, 3.63) is 22.9 Å². The van der Waals surface area contributed by atoms with E-state index in [1.54, 1.807) is 0 Å². The second kappa shape index (κ2) is 4.79. The number of rotatable bonds is 3.